The van der Waals surface area contributed by atoms with Crippen molar-refractivity contribution in [3.8, 4) is 0 Å². The number of aromatic nitrogens is 2. The highest BCUT2D eigenvalue weighted by Gasteiger charge is 2.27. The molecule has 0 fully saturated rings. The predicted octanol–water partition coefficient (Wildman–Crippen LogP) is 3.42. The van der Waals surface area contributed by atoms with Gasteiger partial charge in [-0.15, -0.1) is 0 Å². The van der Waals surface area contributed by atoms with Gasteiger partial charge in [-0.1, -0.05) is 0 Å². The Balaban J connectivity index is 2.65. The lowest BCUT2D eigenvalue weighted by Gasteiger charge is -2.22. The molecular weight excluding hydrogens is 287 g/mol. The van der Waals surface area contributed by atoms with Crippen LogP contribution in [0.5, 0.6) is 0 Å². The number of nitrogens with zero attached hydrogens (tertiary/aromatic N) is 2. The molecule has 0 radical (unpaired) electrons. The van der Waals surface area contributed by atoms with E-state index in [0.29, 0.717) is 5.69 Å². The number of amides is 1. The summed E-state index contributed by atoms with van der Waals surface area (Å²) in [5, 5.41) is 2.57. The fourth-order valence-electron chi connectivity index (χ4n) is 1.68. The molecule has 120 valence electrons. The number of nitrogens with one attached hydrogen (secondary N) is 1. The van der Waals surface area contributed by atoms with Gasteiger partial charge in [0.25, 0.3) is 0 Å². The smallest absolute Gasteiger partial charge is 0.408 e. The van der Waals surface area contributed by atoms with Gasteiger partial charge in [0.05, 0.1) is 30.7 Å². The van der Waals surface area contributed by atoms with Crippen LogP contribution in [-0.2, 0) is 11.3 Å². The lowest BCUT2D eigenvalue weighted by molar-refractivity contribution is -0.136. The van der Waals surface area contributed by atoms with Gasteiger partial charge in [-0.3, -0.25) is 0 Å². The summed E-state index contributed by atoms with van der Waals surface area (Å²) in [5.41, 5.74) is -0.148. The first-order valence-electron chi connectivity index (χ1n) is 6.54. The summed E-state index contributed by atoms with van der Waals surface area (Å²) in [5.74, 6) is 0. The predicted molar refractivity (Wildman–Crippen MR) is 70.7 cm³/mol. The second kappa shape index (κ2) is 6.36. The summed E-state index contributed by atoms with van der Waals surface area (Å²) in [6, 6.07) is -0.504. The van der Waals surface area contributed by atoms with Crippen molar-refractivity contribution in [2.45, 2.75) is 58.5 Å². The van der Waals surface area contributed by atoms with Crippen LogP contribution < -0.4 is 5.32 Å². The summed E-state index contributed by atoms with van der Waals surface area (Å²) >= 11 is 0. The fraction of sp³-hybridized carbons (Fsp3) is 0.692. The first-order chi connectivity index (χ1) is 9.48. The number of hydrogen-bond donors (Lipinski definition) is 1. The first-order valence-corrected chi connectivity index (χ1v) is 6.54. The molecule has 1 atom stereocenters. The molecule has 8 heteroatoms. The number of carbonyl (C=O) groups excluding carboxylic acids is 1. The van der Waals surface area contributed by atoms with Crippen molar-refractivity contribution < 1.29 is 22.7 Å². The Morgan fingerprint density at radius 2 is 2.05 bits per heavy atom. The number of alkyl carbamates (subject to hydrolysis) is 1. The van der Waals surface area contributed by atoms with Gasteiger partial charge in [0.15, 0.2) is 0 Å². The third-order valence-electron chi connectivity index (χ3n) is 2.56. The Bertz CT molecular complexity index is 478. The Hall–Kier alpha value is -1.73. The molecule has 1 N–H and O–H groups in total. The van der Waals surface area contributed by atoms with Gasteiger partial charge in [0, 0.05) is 6.54 Å². The number of hydrogen-bond acceptors (Lipinski definition) is 3. The summed E-state index contributed by atoms with van der Waals surface area (Å²) in [7, 11) is 0. The van der Waals surface area contributed by atoms with Crippen LogP contribution in [0.1, 0.15) is 45.9 Å². The molecule has 0 aliphatic carbocycles. The van der Waals surface area contributed by atoms with Crippen LogP contribution in [0.15, 0.2) is 12.5 Å². The lowest BCUT2D eigenvalue weighted by atomic mass is 10.2. The lowest BCUT2D eigenvalue weighted by Crippen LogP contribution is -2.34. The number of alkyl halides is 3. The van der Waals surface area contributed by atoms with Crippen LogP contribution in [0.2, 0.25) is 0 Å². The van der Waals surface area contributed by atoms with Gasteiger partial charge in [0.2, 0.25) is 0 Å². The molecule has 1 rings (SSSR count). The summed E-state index contributed by atoms with van der Waals surface area (Å²) < 4.78 is 43.2. The number of rotatable bonds is 4. The maximum atomic E-state index is 12.3. The molecule has 0 bridgehead atoms. The van der Waals surface area contributed by atoms with E-state index >= 15 is 0 Å². The van der Waals surface area contributed by atoms with E-state index in [-0.39, 0.29) is 6.54 Å². The van der Waals surface area contributed by atoms with Gasteiger partial charge >= 0.3 is 12.3 Å². The van der Waals surface area contributed by atoms with E-state index in [1.165, 1.54) is 17.1 Å². The largest absolute Gasteiger partial charge is 0.444 e. The average molecular weight is 307 g/mol. The van der Waals surface area contributed by atoms with Crippen molar-refractivity contribution in [3.63, 3.8) is 0 Å². The Morgan fingerprint density at radius 1 is 1.43 bits per heavy atom. The van der Waals surface area contributed by atoms with E-state index in [2.05, 4.69) is 10.3 Å². The maximum absolute atomic E-state index is 12.3. The van der Waals surface area contributed by atoms with Gasteiger partial charge in [0.1, 0.15) is 5.60 Å². The van der Waals surface area contributed by atoms with Crippen molar-refractivity contribution in [1.29, 1.82) is 0 Å². The topological polar surface area (TPSA) is 56.1 Å². The molecule has 5 nitrogen and oxygen atoms in total. The SMILES string of the molecule is CC(NC(=O)OC(C)(C)C)c1cncn1CCC(F)(F)F. The third kappa shape index (κ3) is 6.50. The quantitative estimate of drug-likeness (QED) is 0.927. The van der Waals surface area contributed by atoms with Crippen molar-refractivity contribution in [3.05, 3.63) is 18.2 Å². The van der Waals surface area contributed by atoms with Crippen molar-refractivity contribution >= 4 is 6.09 Å². The van der Waals surface area contributed by atoms with E-state index in [9.17, 15) is 18.0 Å². The normalized spacial score (nSPS) is 13.9. The summed E-state index contributed by atoms with van der Waals surface area (Å²) in [6.07, 6.45) is -3.07. The zero-order chi connectivity index (χ0) is 16.3. The standard InChI is InChI=1S/C13H20F3N3O2/c1-9(18-11(20)21-12(2,3)4)10-7-17-8-19(10)6-5-13(14,15)16/h7-9H,5-6H2,1-4H3,(H,18,20). The zero-order valence-electron chi connectivity index (χ0n) is 12.5. The molecule has 1 aromatic rings. The van der Waals surface area contributed by atoms with Crippen LogP contribution in [0.25, 0.3) is 0 Å². The molecule has 1 amide bonds. The first kappa shape index (κ1) is 17.3. The number of imidazole rings is 1. The van der Waals surface area contributed by atoms with Crippen LogP contribution in [0.4, 0.5) is 18.0 Å². The highest BCUT2D eigenvalue weighted by molar-refractivity contribution is 5.68. The van der Waals surface area contributed by atoms with E-state index in [1.807, 2.05) is 0 Å². The van der Waals surface area contributed by atoms with Gasteiger partial charge in [-0.05, 0) is 27.7 Å². The molecule has 0 aliphatic heterocycles. The molecule has 1 unspecified atom stereocenters. The number of ether oxygens (including phenoxy) is 1. The molecule has 0 aromatic carbocycles. The van der Waals surface area contributed by atoms with Crippen molar-refractivity contribution in [2.24, 2.45) is 0 Å². The van der Waals surface area contributed by atoms with Crippen LogP contribution >= 0.6 is 0 Å². The Kier molecular flexibility index (Phi) is 5.25. The molecule has 0 spiro atoms. The molecule has 0 aliphatic rings. The monoisotopic (exact) mass is 307 g/mol. The molecule has 1 heterocycles. The van der Waals surface area contributed by atoms with E-state index in [0.717, 1.165) is 0 Å². The number of aryl methyl sites for hydroxylation is 1. The molecule has 21 heavy (non-hydrogen) atoms. The van der Waals surface area contributed by atoms with Crippen LogP contribution in [0.3, 0.4) is 0 Å². The average Bonchev–Trinajstić information content (AvgIpc) is 2.70. The zero-order valence-corrected chi connectivity index (χ0v) is 12.5. The fourth-order valence-corrected chi connectivity index (χ4v) is 1.68. The van der Waals surface area contributed by atoms with Gasteiger partial charge in [-0.25, -0.2) is 9.78 Å². The number of carbonyl (C=O) groups is 1. The van der Waals surface area contributed by atoms with Gasteiger partial charge in [-0.2, -0.15) is 13.2 Å². The Morgan fingerprint density at radius 3 is 2.57 bits per heavy atom. The maximum Gasteiger partial charge on any atom is 0.408 e. The minimum Gasteiger partial charge on any atom is -0.444 e. The highest BCUT2D eigenvalue weighted by atomic mass is 19.4. The van der Waals surface area contributed by atoms with Crippen LogP contribution in [-0.4, -0.2) is 27.4 Å². The minimum absolute atomic E-state index is 0.237. The van der Waals surface area contributed by atoms with E-state index in [4.69, 9.17) is 4.74 Å². The van der Waals surface area contributed by atoms with Crippen LogP contribution in [0, 0.1) is 0 Å². The highest BCUT2D eigenvalue weighted by Crippen LogP contribution is 2.22. The second-order valence-corrected chi connectivity index (χ2v) is 5.74. The van der Waals surface area contributed by atoms with Crippen molar-refractivity contribution in [2.75, 3.05) is 0 Å². The second-order valence-electron chi connectivity index (χ2n) is 5.74. The molecule has 0 saturated carbocycles. The Labute approximate surface area is 121 Å². The number of halogens is 3. The summed E-state index contributed by atoms with van der Waals surface area (Å²) in [6.45, 7) is 6.60. The molecular formula is C13H20F3N3O2. The minimum atomic E-state index is -4.23. The molecule has 0 saturated heterocycles. The third-order valence-corrected chi connectivity index (χ3v) is 2.56. The van der Waals surface area contributed by atoms with E-state index < -0.39 is 30.3 Å². The van der Waals surface area contributed by atoms with E-state index in [1.54, 1.807) is 27.7 Å². The molecule has 1 aromatic heterocycles. The summed E-state index contributed by atoms with van der Waals surface area (Å²) in [4.78, 5) is 15.5. The van der Waals surface area contributed by atoms with Crippen molar-refractivity contribution in [1.82, 2.24) is 14.9 Å². The van der Waals surface area contributed by atoms with Gasteiger partial charge < -0.3 is 14.6 Å².